The maximum Gasteiger partial charge on any atom is 0.303 e. The van der Waals surface area contributed by atoms with Crippen LogP contribution < -0.4 is 5.32 Å². The second kappa shape index (κ2) is 7.78. The van der Waals surface area contributed by atoms with Gasteiger partial charge in [0.25, 0.3) is 0 Å². The van der Waals surface area contributed by atoms with Gasteiger partial charge in [0.05, 0.1) is 0 Å². The summed E-state index contributed by atoms with van der Waals surface area (Å²) >= 11 is 0. The summed E-state index contributed by atoms with van der Waals surface area (Å²) in [5, 5.41) is 12.6. The monoisotopic (exact) mass is 296 g/mol. The van der Waals surface area contributed by atoms with E-state index in [0.29, 0.717) is 13.0 Å². The normalized spacial score (nSPS) is 26.4. The highest BCUT2D eigenvalue weighted by molar-refractivity contribution is 5.76. The van der Waals surface area contributed by atoms with Gasteiger partial charge in [0.2, 0.25) is 5.91 Å². The number of carbonyl (C=O) groups is 2. The van der Waals surface area contributed by atoms with Gasteiger partial charge in [-0.1, -0.05) is 13.3 Å². The minimum Gasteiger partial charge on any atom is -0.481 e. The van der Waals surface area contributed by atoms with Crippen molar-refractivity contribution in [1.29, 1.82) is 0 Å². The number of hydrogen-bond donors (Lipinski definition) is 2. The molecular weight excluding hydrogens is 268 g/mol. The molecule has 5 heteroatoms. The number of amides is 1. The molecule has 2 N–H and O–H groups in total. The van der Waals surface area contributed by atoms with Crippen molar-refractivity contribution in [2.45, 2.75) is 57.9 Å². The predicted octanol–water partition coefficient (Wildman–Crippen LogP) is 1.87. The second-order valence-corrected chi connectivity index (χ2v) is 6.65. The number of carboxylic acids is 1. The summed E-state index contributed by atoms with van der Waals surface area (Å²) in [6.45, 7) is 4.36. The Morgan fingerprint density at radius 1 is 1.24 bits per heavy atom. The number of nitrogens with zero attached hydrogens (tertiary/aromatic N) is 1. The number of hydrogen-bond acceptors (Lipinski definition) is 3. The molecule has 1 aliphatic heterocycles. The summed E-state index contributed by atoms with van der Waals surface area (Å²) in [4.78, 5) is 25.0. The first-order chi connectivity index (χ1) is 10.1. The van der Waals surface area contributed by atoms with E-state index in [0.717, 1.165) is 31.8 Å². The lowest BCUT2D eigenvalue weighted by Crippen LogP contribution is -2.52. The summed E-state index contributed by atoms with van der Waals surface area (Å²) in [7, 11) is 0. The lowest BCUT2D eigenvalue weighted by Gasteiger charge is -2.39. The van der Waals surface area contributed by atoms with Crippen LogP contribution in [0.5, 0.6) is 0 Å². The smallest absolute Gasteiger partial charge is 0.303 e. The van der Waals surface area contributed by atoms with Crippen LogP contribution in [0.25, 0.3) is 0 Å². The fourth-order valence-electron chi connectivity index (χ4n) is 3.35. The molecular formula is C16H28N2O3. The zero-order valence-electron chi connectivity index (χ0n) is 13.0. The summed E-state index contributed by atoms with van der Waals surface area (Å²) in [5.41, 5.74) is 0. The maximum atomic E-state index is 12.1. The molecule has 2 atom stereocenters. The van der Waals surface area contributed by atoms with Crippen molar-refractivity contribution in [3.63, 3.8) is 0 Å². The third-order valence-corrected chi connectivity index (χ3v) is 4.74. The number of piperidine rings is 1. The molecule has 1 saturated heterocycles. The van der Waals surface area contributed by atoms with Gasteiger partial charge in [-0.3, -0.25) is 9.59 Å². The molecule has 0 spiro atoms. The molecule has 1 saturated carbocycles. The fourth-order valence-corrected chi connectivity index (χ4v) is 3.35. The van der Waals surface area contributed by atoms with E-state index in [1.807, 2.05) is 11.8 Å². The lowest BCUT2D eigenvalue weighted by atomic mass is 9.84. The zero-order valence-corrected chi connectivity index (χ0v) is 13.0. The first-order valence-electron chi connectivity index (χ1n) is 8.31. The Hall–Kier alpha value is -1.10. The van der Waals surface area contributed by atoms with Gasteiger partial charge in [0.15, 0.2) is 0 Å². The minimum atomic E-state index is -0.762. The Bertz CT molecular complexity index is 369. The van der Waals surface area contributed by atoms with Gasteiger partial charge < -0.3 is 15.3 Å². The van der Waals surface area contributed by atoms with Crippen molar-refractivity contribution in [2.24, 2.45) is 11.8 Å². The number of nitrogens with one attached hydrogen (secondary N) is 1. The summed E-state index contributed by atoms with van der Waals surface area (Å²) in [5.74, 6) is 0.270. The molecule has 0 radical (unpaired) electrons. The van der Waals surface area contributed by atoms with Crippen molar-refractivity contribution in [3.05, 3.63) is 0 Å². The largest absolute Gasteiger partial charge is 0.481 e. The van der Waals surface area contributed by atoms with Crippen LogP contribution >= 0.6 is 0 Å². The van der Waals surface area contributed by atoms with Gasteiger partial charge in [-0.15, -0.1) is 0 Å². The predicted molar refractivity (Wildman–Crippen MR) is 81.0 cm³/mol. The average Bonchev–Trinajstić information content (AvgIpc) is 2.36. The van der Waals surface area contributed by atoms with Crippen LogP contribution in [0.1, 0.15) is 51.9 Å². The first kappa shape index (κ1) is 16.3. The van der Waals surface area contributed by atoms with Crippen LogP contribution in [0.3, 0.4) is 0 Å². The first-order valence-corrected chi connectivity index (χ1v) is 8.31. The highest BCUT2D eigenvalue weighted by Crippen LogP contribution is 2.26. The van der Waals surface area contributed by atoms with Crippen molar-refractivity contribution in [2.75, 3.05) is 19.6 Å². The van der Waals surface area contributed by atoms with Gasteiger partial charge in [-0.2, -0.15) is 0 Å². The highest BCUT2D eigenvalue weighted by atomic mass is 16.4. The Labute approximate surface area is 127 Å². The van der Waals surface area contributed by atoms with Crippen molar-refractivity contribution in [1.82, 2.24) is 10.2 Å². The van der Waals surface area contributed by atoms with Crippen molar-refractivity contribution in [3.8, 4) is 0 Å². The van der Waals surface area contributed by atoms with Crippen molar-refractivity contribution < 1.29 is 14.7 Å². The van der Waals surface area contributed by atoms with Crippen LogP contribution in [0.2, 0.25) is 0 Å². The van der Waals surface area contributed by atoms with Gasteiger partial charge >= 0.3 is 5.97 Å². The maximum absolute atomic E-state index is 12.1. The molecule has 2 unspecified atom stereocenters. The molecule has 0 bridgehead atoms. The molecule has 2 fully saturated rings. The Morgan fingerprint density at radius 3 is 2.57 bits per heavy atom. The number of carboxylic acid groups (broad SMARTS) is 1. The third-order valence-electron chi connectivity index (χ3n) is 4.74. The minimum absolute atomic E-state index is 0.0796. The number of aliphatic carboxylic acids is 1. The molecule has 0 aromatic heterocycles. The topological polar surface area (TPSA) is 69.6 Å². The van der Waals surface area contributed by atoms with Gasteiger partial charge in [-0.25, -0.2) is 0 Å². The summed E-state index contributed by atoms with van der Waals surface area (Å²) < 4.78 is 0. The second-order valence-electron chi connectivity index (χ2n) is 6.65. The average molecular weight is 296 g/mol. The quantitative estimate of drug-likeness (QED) is 0.752. The van der Waals surface area contributed by atoms with E-state index >= 15 is 0 Å². The molecule has 0 aromatic carbocycles. The lowest BCUT2D eigenvalue weighted by molar-refractivity contribution is -0.141. The molecule has 1 amide bonds. The van der Waals surface area contributed by atoms with E-state index in [1.165, 1.54) is 19.3 Å². The highest BCUT2D eigenvalue weighted by Gasteiger charge is 2.31. The van der Waals surface area contributed by atoms with Crippen LogP contribution in [0.15, 0.2) is 0 Å². The Morgan fingerprint density at radius 2 is 2.00 bits per heavy atom. The van der Waals surface area contributed by atoms with Gasteiger partial charge in [0, 0.05) is 32.0 Å². The van der Waals surface area contributed by atoms with E-state index in [1.54, 1.807) is 0 Å². The van der Waals surface area contributed by atoms with Gasteiger partial charge in [-0.05, 0) is 44.1 Å². The molecule has 0 aromatic rings. The van der Waals surface area contributed by atoms with Crippen LogP contribution in [-0.4, -0.2) is 47.6 Å². The Balaban J connectivity index is 1.88. The van der Waals surface area contributed by atoms with E-state index in [-0.39, 0.29) is 24.3 Å². The van der Waals surface area contributed by atoms with Gasteiger partial charge in [0.1, 0.15) is 0 Å². The van der Waals surface area contributed by atoms with E-state index in [9.17, 15) is 9.59 Å². The molecule has 120 valence electrons. The molecule has 1 aliphatic carbocycles. The number of carbonyl (C=O) groups excluding carboxylic acids is 1. The SMILES string of the molecule is CCCC(=O)N1CC(CC(=O)O)CC(NCC2CCC2)C1. The van der Waals surface area contributed by atoms with Crippen molar-refractivity contribution >= 4 is 11.9 Å². The van der Waals surface area contributed by atoms with E-state index in [4.69, 9.17) is 5.11 Å². The number of likely N-dealkylation sites (tertiary alicyclic amines) is 1. The van der Waals surface area contributed by atoms with E-state index < -0.39 is 5.97 Å². The molecule has 21 heavy (non-hydrogen) atoms. The third kappa shape index (κ3) is 4.99. The molecule has 1 heterocycles. The summed E-state index contributed by atoms with van der Waals surface area (Å²) in [6, 6.07) is 0.254. The zero-order chi connectivity index (χ0) is 15.2. The summed E-state index contributed by atoms with van der Waals surface area (Å²) in [6.07, 6.45) is 6.38. The fraction of sp³-hybridized carbons (Fsp3) is 0.875. The standard InChI is InChI=1S/C16H28N2O3/c1-2-4-15(19)18-10-13(8-16(20)21)7-14(11-18)17-9-12-5-3-6-12/h12-14,17H,2-11H2,1H3,(H,20,21). The molecule has 2 aliphatic rings. The molecule has 2 rings (SSSR count). The van der Waals surface area contributed by atoms with Crippen LogP contribution in [0.4, 0.5) is 0 Å². The Kier molecular flexibility index (Phi) is 6.03. The van der Waals surface area contributed by atoms with Crippen LogP contribution in [-0.2, 0) is 9.59 Å². The van der Waals surface area contributed by atoms with E-state index in [2.05, 4.69) is 5.32 Å². The number of rotatable bonds is 7. The molecule has 5 nitrogen and oxygen atoms in total. The van der Waals surface area contributed by atoms with Crippen LogP contribution in [0, 0.1) is 11.8 Å².